The molecule has 20 heavy (non-hydrogen) atoms. The number of rotatable bonds is 5. The van der Waals surface area contributed by atoms with Gasteiger partial charge in [0.1, 0.15) is 10.8 Å². The van der Waals surface area contributed by atoms with E-state index in [4.69, 9.17) is 0 Å². The Kier molecular flexibility index (Phi) is 4.61. The summed E-state index contributed by atoms with van der Waals surface area (Å²) in [5.74, 6) is 0. The number of anilines is 1. The number of nitrogens with one attached hydrogen (secondary N) is 1. The molecule has 0 saturated heterocycles. The van der Waals surface area contributed by atoms with Gasteiger partial charge in [0.2, 0.25) is 0 Å². The number of hydrogen-bond donors (Lipinski definition) is 1. The zero-order valence-corrected chi connectivity index (χ0v) is 11.9. The van der Waals surface area contributed by atoms with Gasteiger partial charge >= 0.3 is 11.9 Å². The van der Waals surface area contributed by atoms with E-state index < -0.39 is 37.6 Å². The molecule has 0 unspecified atom stereocenters. The highest BCUT2D eigenvalue weighted by atomic mass is 32.2. The first-order valence-corrected chi connectivity index (χ1v) is 7.23. The van der Waals surface area contributed by atoms with Crippen LogP contribution in [0.2, 0.25) is 0 Å². The minimum Gasteiger partial charge on any atom is -0.374 e. The molecule has 1 aromatic rings. The lowest BCUT2D eigenvalue weighted by Crippen LogP contribution is -2.35. The van der Waals surface area contributed by atoms with Gasteiger partial charge in [0.25, 0.3) is 10.0 Å². The molecule has 0 radical (unpaired) electrons. The molecule has 0 saturated carbocycles. The molecule has 1 aromatic heterocycles. The molecule has 114 valence electrons. The van der Waals surface area contributed by atoms with E-state index in [1.54, 1.807) is 0 Å². The van der Waals surface area contributed by atoms with Crippen molar-refractivity contribution in [1.82, 2.24) is 4.31 Å². The van der Waals surface area contributed by atoms with Crippen LogP contribution in [-0.4, -0.2) is 44.5 Å². The lowest BCUT2D eigenvalue weighted by molar-refractivity contribution is -0.383. The SMILES string of the molecule is CNc1sc(S(=O)(=O)N(C)CC(F)(F)F)cc1[N+](=O)[O-]. The summed E-state index contributed by atoms with van der Waals surface area (Å²) >= 11 is 0.499. The quantitative estimate of drug-likeness (QED) is 0.656. The summed E-state index contributed by atoms with van der Waals surface area (Å²) in [4.78, 5) is 9.89. The van der Waals surface area contributed by atoms with Crippen LogP contribution in [0.25, 0.3) is 0 Å². The number of halogens is 3. The number of nitro groups is 1. The zero-order chi connectivity index (χ0) is 15.7. The molecule has 0 spiro atoms. The van der Waals surface area contributed by atoms with Crippen molar-refractivity contribution in [2.45, 2.75) is 10.4 Å². The summed E-state index contributed by atoms with van der Waals surface area (Å²) in [6.45, 7) is -1.67. The van der Waals surface area contributed by atoms with Gasteiger partial charge in [0, 0.05) is 20.2 Å². The third-order valence-corrected chi connectivity index (χ3v) is 5.57. The molecule has 7 nitrogen and oxygen atoms in total. The Balaban J connectivity index is 3.19. The minimum atomic E-state index is -4.70. The van der Waals surface area contributed by atoms with Crippen molar-refractivity contribution in [1.29, 1.82) is 0 Å². The standard InChI is InChI=1S/C8H10F3N3O4S2/c1-12-7-5(14(15)16)3-6(19-7)20(17,18)13(2)4-8(9,10)11/h3,12H,4H2,1-2H3. The van der Waals surface area contributed by atoms with Crippen LogP contribution in [0.1, 0.15) is 0 Å². The summed E-state index contributed by atoms with van der Waals surface area (Å²) in [7, 11) is -2.33. The second-order valence-electron chi connectivity index (χ2n) is 3.66. The highest BCUT2D eigenvalue weighted by Gasteiger charge is 2.36. The van der Waals surface area contributed by atoms with E-state index in [2.05, 4.69) is 5.32 Å². The molecule has 0 aliphatic heterocycles. The van der Waals surface area contributed by atoms with Crippen LogP contribution in [-0.2, 0) is 10.0 Å². The Labute approximate surface area is 116 Å². The van der Waals surface area contributed by atoms with Crippen molar-refractivity contribution in [3.63, 3.8) is 0 Å². The molecule has 0 aliphatic rings. The third kappa shape index (κ3) is 3.58. The molecule has 0 aromatic carbocycles. The Bertz CT molecular complexity index is 611. The molecule has 0 bridgehead atoms. The van der Waals surface area contributed by atoms with Gasteiger partial charge in [-0.3, -0.25) is 10.1 Å². The van der Waals surface area contributed by atoms with Crippen LogP contribution in [0.15, 0.2) is 10.3 Å². The maximum absolute atomic E-state index is 12.2. The minimum absolute atomic E-state index is 0.0472. The number of thiophene rings is 1. The van der Waals surface area contributed by atoms with E-state index in [9.17, 15) is 31.7 Å². The fourth-order valence-corrected chi connectivity index (χ4v) is 3.94. The molecule has 0 atom stereocenters. The van der Waals surface area contributed by atoms with Crippen LogP contribution in [0.3, 0.4) is 0 Å². The van der Waals surface area contributed by atoms with E-state index in [0.29, 0.717) is 11.3 Å². The molecule has 1 N–H and O–H groups in total. The van der Waals surface area contributed by atoms with Crippen molar-refractivity contribution in [3.8, 4) is 0 Å². The van der Waals surface area contributed by atoms with Gasteiger partial charge in [-0.1, -0.05) is 11.3 Å². The van der Waals surface area contributed by atoms with E-state index in [0.717, 1.165) is 13.1 Å². The lowest BCUT2D eigenvalue weighted by Gasteiger charge is -2.17. The highest BCUT2D eigenvalue weighted by molar-refractivity contribution is 7.91. The number of hydrogen-bond acceptors (Lipinski definition) is 6. The first-order chi connectivity index (χ1) is 8.99. The van der Waals surface area contributed by atoms with Gasteiger partial charge in [0.05, 0.1) is 4.92 Å². The Hall–Kier alpha value is -1.40. The van der Waals surface area contributed by atoms with Gasteiger partial charge in [0.15, 0.2) is 5.00 Å². The molecular formula is C8H10F3N3O4S2. The fourth-order valence-electron chi connectivity index (χ4n) is 1.29. The van der Waals surface area contributed by atoms with Gasteiger partial charge in [-0.25, -0.2) is 8.42 Å². The normalized spacial score (nSPS) is 12.7. The molecule has 1 rings (SSSR count). The van der Waals surface area contributed by atoms with Gasteiger partial charge in [-0.2, -0.15) is 17.5 Å². The molecule has 0 aliphatic carbocycles. The first-order valence-electron chi connectivity index (χ1n) is 4.98. The fraction of sp³-hybridized carbons (Fsp3) is 0.500. The van der Waals surface area contributed by atoms with Crippen molar-refractivity contribution in [3.05, 3.63) is 16.2 Å². The van der Waals surface area contributed by atoms with Crippen molar-refractivity contribution in [2.75, 3.05) is 26.0 Å². The Morgan fingerprint density at radius 3 is 2.40 bits per heavy atom. The lowest BCUT2D eigenvalue weighted by atomic mass is 10.5. The van der Waals surface area contributed by atoms with Crippen molar-refractivity contribution in [2.24, 2.45) is 0 Å². The number of nitrogens with zero attached hydrogens (tertiary/aromatic N) is 2. The topological polar surface area (TPSA) is 92.6 Å². The van der Waals surface area contributed by atoms with Crippen LogP contribution in [0, 0.1) is 10.1 Å². The van der Waals surface area contributed by atoms with E-state index in [1.165, 1.54) is 7.05 Å². The molecule has 12 heteroatoms. The Morgan fingerprint density at radius 2 is 2.05 bits per heavy atom. The largest absolute Gasteiger partial charge is 0.402 e. The van der Waals surface area contributed by atoms with Crippen molar-refractivity contribution < 1.29 is 26.5 Å². The first kappa shape index (κ1) is 16.7. The average Bonchev–Trinajstić information content (AvgIpc) is 2.70. The average molecular weight is 333 g/mol. The van der Waals surface area contributed by atoms with Crippen LogP contribution in [0.5, 0.6) is 0 Å². The second kappa shape index (κ2) is 5.54. The second-order valence-corrected chi connectivity index (χ2v) is 6.99. The summed E-state index contributed by atoms with van der Waals surface area (Å²) in [5, 5.41) is 13.1. The monoisotopic (exact) mass is 333 g/mol. The zero-order valence-electron chi connectivity index (χ0n) is 10.3. The van der Waals surface area contributed by atoms with E-state index >= 15 is 0 Å². The maximum atomic E-state index is 12.2. The molecule has 0 fully saturated rings. The van der Waals surface area contributed by atoms with E-state index in [-0.39, 0.29) is 9.31 Å². The van der Waals surface area contributed by atoms with Gasteiger partial charge < -0.3 is 5.32 Å². The third-order valence-electron chi connectivity index (χ3n) is 2.18. The molecule has 0 amide bonds. The van der Waals surface area contributed by atoms with Crippen LogP contribution < -0.4 is 5.32 Å². The van der Waals surface area contributed by atoms with Crippen LogP contribution >= 0.6 is 11.3 Å². The van der Waals surface area contributed by atoms with Gasteiger partial charge in [-0.05, 0) is 0 Å². The smallest absolute Gasteiger partial charge is 0.374 e. The summed E-state index contributed by atoms with van der Waals surface area (Å²) in [5.41, 5.74) is -0.503. The summed E-state index contributed by atoms with van der Waals surface area (Å²) in [6.07, 6.45) is -4.70. The molecular weight excluding hydrogens is 323 g/mol. The Morgan fingerprint density at radius 1 is 1.50 bits per heavy atom. The van der Waals surface area contributed by atoms with E-state index in [1.807, 2.05) is 0 Å². The summed E-state index contributed by atoms with van der Waals surface area (Å²) < 4.78 is 60.0. The van der Waals surface area contributed by atoms with Gasteiger partial charge in [-0.15, -0.1) is 0 Å². The predicted molar refractivity (Wildman–Crippen MR) is 66.4 cm³/mol. The predicted octanol–water partition coefficient (Wildman–Crippen LogP) is 1.88. The van der Waals surface area contributed by atoms with Crippen molar-refractivity contribution >= 4 is 32.0 Å². The van der Waals surface area contributed by atoms with Crippen LogP contribution in [0.4, 0.5) is 23.9 Å². The summed E-state index contributed by atoms with van der Waals surface area (Å²) in [6, 6.07) is 0.735. The number of alkyl halides is 3. The number of sulfonamides is 1. The maximum Gasteiger partial charge on any atom is 0.402 e. The highest BCUT2D eigenvalue weighted by Crippen LogP contribution is 2.38. The molecule has 1 heterocycles.